The number of aliphatic hydroxyl groups is 1. The maximum absolute atomic E-state index is 11.5. The van der Waals surface area contributed by atoms with Crippen LogP contribution in [0.3, 0.4) is 0 Å². The van der Waals surface area contributed by atoms with Crippen LogP contribution in [0.25, 0.3) is 0 Å². The monoisotopic (exact) mass is 293 g/mol. The Hall–Kier alpha value is -1.59. The number of esters is 1. The minimum atomic E-state index is -0.318. The third-order valence-electron chi connectivity index (χ3n) is 3.71. The Bertz CT molecular complexity index is 446. The molecule has 1 aliphatic heterocycles. The lowest BCUT2D eigenvalue weighted by Gasteiger charge is -2.28. The van der Waals surface area contributed by atoms with E-state index >= 15 is 0 Å². The van der Waals surface area contributed by atoms with Crippen molar-refractivity contribution in [3.8, 4) is 5.75 Å². The first-order valence-electron chi connectivity index (χ1n) is 7.49. The van der Waals surface area contributed by atoms with Crippen molar-refractivity contribution in [2.45, 2.75) is 25.9 Å². The van der Waals surface area contributed by atoms with Crippen LogP contribution in [0.5, 0.6) is 5.75 Å². The van der Waals surface area contributed by atoms with Gasteiger partial charge in [-0.1, -0.05) is 0 Å². The fourth-order valence-electron chi connectivity index (χ4n) is 2.46. The highest BCUT2D eigenvalue weighted by molar-refractivity contribution is 5.89. The largest absolute Gasteiger partial charge is 0.494 e. The molecule has 0 aromatic heterocycles. The first-order chi connectivity index (χ1) is 10.2. The highest BCUT2D eigenvalue weighted by Crippen LogP contribution is 2.18. The zero-order valence-electron chi connectivity index (χ0n) is 12.4. The average molecular weight is 293 g/mol. The van der Waals surface area contributed by atoms with E-state index in [4.69, 9.17) is 9.47 Å². The predicted octanol–water partition coefficient (Wildman–Crippen LogP) is 1.60. The van der Waals surface area contributed by atoms with Crippen LogP contribution in [0.2, 0.25) is 0 Å². The molecule has 21 heavy (non-hydrogen) atoms. The van der Waals surface area contributed by atoms with Gasteiger partial charge in [-0.3, -0.25) is 0 Å². The van der Waals surface area contributed by atoms with Crippen LogP contribution >= 0.6 is 0 Å². The van der Waals surface area contributed by atoms with Gasteiger partial charge in [0.2, 0.25) is 0 Å². The van der Waals surface area contributed by atoms with Crippen LogP contribution < -0.4 is 10.1 Å². The molecule has 0 bridgehead atoms. The summed E-state index contributed by atoms with van der Waals surface area (Å²) in [5.74, 6) is 0.707. The van der Waals surface area contributed by atoms with E-state index in [0.29, 0.717) is 31.2 Å². The van der Waals surface area contributed by atoms with Crippen LogP contribution in [-0.4, -0.2) is 43.5 Å². The number of hydrogen-bond donors (Lipinski definition) is 2. The van der Waals surface area contributed by atoms with E-state index in [0.717, 1.165) is 25.1 Å². The smallest absolute Gasteiger partial charge is 0.338 e. The highest BCUT2D eigenvalue weighted by atomic mass is 16.5. The summed E-state index contributed by atoms with van der Waals surface area (Å²) in [6.45, 7) is 4.34. The number of benzene rings is 1. The van der Waals surface area contributed by atoms with Gasteiger partial charge >= 0.3 is 5.97 Å². The maximum Gasteiger partial charge on any atom is 0.338 e. The first-order valence-corrected chi connectivity index (χ1v) is 7.49. The van der Waals surface area contributed by atoms with Crippen LogP contribution in [0.15, 0.2) is 24.3 Å². The summed E-state index contributed by atoms with van der Waals surface area (Å²) in [5, 5.41) is 13.0. The molecule has 1 fully saturated rings. The Morgan fingerprint density at radius 1 is 1.38 bits per heavy atom. The van der Waals surface area contributed by atoms with Crippen LogP contribution in [-0.2, 0) is 4.74 Å². The average Bonchev–Trinajstić information content (AvgIpc) is 2.50. The molecule has 2 N–H and O–H groups in total. The fraction of sp³-hybridized carbons (Fsp3) is 0.562. The third-order valence-corrected chi connectivity index (χ3v) is 3.71. The van der Waals surface area contributed by atoms with E-state index in [1.54, 1.807) is 31.2 Å². The molecule has 0 spiro atoms. The number of nitrogens with one attached hydrogen (secondary N) is 1. The quantitative estimate of drug-likeness (QED) is 0.780. The summed E-state index contributed by atoms with van der Waals surface area (Å²) in [5.41, 5.74) is 0.526. The second kappa shape index (κ2) is 8.00. The van der Waals surface area contributed by atoms with Gasteiger partial charge in [0.05, 0.1) is 24.9 Å². The number of hydrogen-bond acceptors (Lipinski definition) is 5. The van der Waals surface area contributed by atoms with Crippen molar-refractivity contribution in [3.63, 3.8) is 0 Å². The number of carbonyl (C=O) groups excluding carboxylic acids is 1. The number of β-amino-alcohol motifs (C(OH)–C–C–N with tert-alkyl or cyclic N) is 1. The molecule has 5 nitrogen and oxygen atoms in total. The summed E-state index contributed by atoms with van der Waals surface area (Å²) in [7, 11) is 0. The van der Waals surface area contributed by atoms with Gasteiger partial charge in [-0.15, -0.1) is 0 Å². The van der Waals surface area contributed by atoms with E-state index in [1.807, 2.05) is 0 Å². The van der Waals surface area contributed by atoms with Gasteiger partial charge in [-0.05, 0) is 56.5 Å². The van der Waals surface area contributed by atoms with E-state index in [2.05, 4.69) is 5.32 Å². The molecule has 1 heterocycles. The molecule has 1 aromatic carbocycles. The van der Waals surface area contributed by atoms with E-state index in [1.165, 1.54) is 0 Å². The van der Waals surface area contributed by atoms with Gasteiger partial charge in [0.1, 0.15) is 5.75 Å². The lowest BCUT2D eigenvalue weighted by atomic mass is 9.92. The first kappa shape index (κ1) is 15.8. The molecule has 116 valence electrons. The van der Waals surface area contributed by atoms with Crippen molar-refractivity contribution in [2.75, 3.05) is 26.3 Å². The normalized spacial score (nSPS) is 21.8. The molecule has 0 unspecified atom stereocenters. The van der Waals surface area contributed by atoms with Crippen molar-refractivity contribution in [2.24, 2.45) is 5.92 Å². The Morgan fingerprint density at radius 3 is 2.81 bits per heavy atom. The van der Waals surface area contributed by atoms with Gasteiger partial charge in [0.15, 0.2) is 0 Å². The van der Waals surface area contributed by atoms with Crippen LogP contribution in [0.4, 0.5) is 0 Å². The third kappa shape index (κ3) is 4.72. The number of aliphatic hydroxyl groups excluding tert-OH is 1. The van der Waals surface area contributed by atoms with E-state index < -0.39 is 0 Å². The van der Waals surface area contributed by atoms with Gasteiger partial charge in [0.25, 0.3) is 0 Å². The van der Waals surface area contributed by atoms with Gasteiger partial charge in [-0.2, -0.15) is 0 Å². The fourth-order valence-corrected chi connectivity index (χ4v) is 2.46. The summed E-state index contributed by atoms with van der Waals surface area (Å²) >= 11 is 0. The standard InChI is InChI=1S/C16H23NO4/c1-2-20-16(19)13-3-5-14(6-4-13)21-10-8-12-7-9-17-11-15(12)18/h3-6,12,15,17-18H,2,7-11H2,1H3/t12-,15-/m0/s1. The molecule has 0 amide bonds. The molecule has 1 saturated heterocycles. The number of ether oxygens (including phenoxy) is 2. The zero-order chi connectivity index (χ0) is 15.1. The number of rotatable bonds is 6. The van der Waals surface area contributed by atoms with Gasteiger partial charge in [-0.25, -0.2) is 4.79 Å². The molecular formula is C16H23NO4. The molecule has 1 aromatic rings. The Kier molecular flexibility index (Phi) is 6.02. The molecule has 0 aliphatic carbocycles. The van der Waals surface area contributed by atoms with Crippen molar-refractivity contribution < 1.29 is 19.4 Å². The molecular weight excluding hydrogens is 270 g/mol. The molecule has 5 heteroatoms. The van der Waals surface area contributed by atoms with Crippen LogP contribution in [0, 0.1) is 5.92 Å². The Labute approximate surface area is 125 Å². The molecule has 1 aliphatic rings. The van der Waals surface area contributed by atoms with Crippen molar-refractivity contribution in [1.82, 2.24) is 5.32 Å². The topological polar surface area (TPSA) is 67.8 Å². The van der Waals surface area contributed by atoms with Crippen molar-refractivity contribution >= 4 is 5.97 Å². The second-order valence-electron chi connectivity index (χ2n) is 5.20. The van der Waals surface area contributed by atoms with E-state index in [-0.39, 0.29) is 12.1 Å². The Morgan fingerprint density at radius 2 is 2.14 bits per heavy atom. The summed E-state index contributed by atoms with van der Waals surface area (Å²) in [6.07, 6.45) is 1.53. The summed E-state index contributed by atoms with van der Waals surface area (Å²) < 4.78 is 10.6. The predicted molar refractivity (Wildman–Crippen MR) is 79.5 cm³/mol. The highest BCUT2D eigenvalue weighted by Gasteiger charge is 2.22. The number of carbonyl (C=O) groups is 1. The minimum absolute atomic E-state index is 0.284. The van der Waals surface area contributed by atoms with Gasteiger partial charge < -0.3 is 19.9 Å². The molecule has 0 radical (unpaired) electrons. The molecule has 2 atom stereocenters. The lowest BCUT2D eigenvalue weighted by Crippen LogP contribution is -2.40. The zero-order valence-corrected chi connectivity index (χ0v) is 12.4. The summed E-state index contributed by atoms with van der Waals surface area (Å²) in [6, 6.07) is 6.94. The van der Waals surface area contributed by atoms with Gasteiger partial charge in [0, 0.05) is 6.54 Å². The van der Waals surface area contributed by atoms with Crippen LogP contribution in [0.1, 0.15) is 30.1 Å². The van der Waals surface area contributed by atoms with E-state index in [9.17, 15) is 9.90 Å². The lowest BCUT2D eigenvalue weighted by molar-refractivity contribution is 0.0526. The second-order valence-corrected chi connectivity index (χ2v) is 5.20. The van der Waals surface area contributed by atoms with Crippen molar-refractivity contribution in [1.29, 1.82) is 0 Å². The maximum atomic E-state index is 11.5. The molecule has 2 rings (SSSR count). The minimum Gasteiger partial charge on any atom is -0.494 e. The Balaban J connectivity index is 1.77. The van der Waals surface area contributed by atoms with Crippen molar-refractivity contribution in [3.05, 3.63) is 29.8 Å². The SMILES string of the molecule is CCOC(=O)c1ccc(OCC[C@@H]2CCNC[C@@H]2O)cc1. The number of piperidine rings is 1. The summed E-state index contributed by atoms with van der Waals surface area (Å²) in [4.78, 5) is 11.5. The molecule has 0 saturated carbocycles.